The van der Waals surface area contributed by atoms with E-state index in [9.17, 15) is 13.2 Å². The van der Waals surface area contributed by atoms with E-state index >= 15 is 0 Å². The summed E-state index contributed by atoms with van der Waals surface area (Å²) in [6.07, 6.45) is 2.64. The minimum atomic E-state index is -3.07. The van der Waals surface area contributed by atoms with Crippen molar-refractivity contribution in [3.05, 3.63) is 51.8 Å². The predicted molar refractivity (Wildman–Crippen MR) is 125 cm³/mol. The lowest BCUT2D eigenvalue weighted by Gasteiger charge is -2.15. The van der Waals surface area contributed by atoms with Crippen LogP contribution in [0.15, 0.2) is 18.2 Å². The lowest BCUT2D eigenvalue weighted by molar-refractivity contribution is 0.102. The number of carbonyl (C=O) groups is 1. The Hall–Kier alpha value is -2.74. The number of hydrogen-bond acceptors (Lipinski definition) is 5. The summed E-state index contributed by atoms with van der Waals surface area (Å²) in [5.41, 5.74) is 6.79. The first-order valence-corrected chi connectivity index (χ1v) is 12.9. The second-order valence-corrected chi connectivity index (χ2v) is 11.6. The standard InChI is InChI=1S/C24H28N4O3S/c1-13-9-14(2)22(15(3)10-13)26-24(29)19-11-20(17-5-6-17)25-23-21(19)16(4)27-28(23)18-7-8-32(30,31)12-18/h9-11,17-18H,5-8,12H2,1-4H3,(H,26,29)/t18-/m0/s1. The number of nitrogens with one attached hydrogen (secondary N) is 1. The maximum Gasteiger partial charge on any atom is 0.256 e. The van der Waals surface area contributed by atoms with Crippen molar-refractivity contribution in [2.24, 2.45) is 0 Å². The lowest BCUT2D eigenvalue weighted by Crippen LogP contribution is -2.16. The third kappa shape index (κ3) is 3.70. The second-order valence-electron chi connectivity index (χ2n) is 9.38. The second kappa shape index (κ2) is 7.40. The molecule has 1 atom stereocenters. The number of anilines is 1. The normalized spacial score (nSPS) is 20.1. The van der Waals surface area contributed by atoms with E-state index in [2.05, 4.69) is 22.5 Å². The number of amides is 1. The Morgan fingerprint density at radius 2 is 1.75 bits per heavy atom. The zero-order valence-electron chi connectivity index (χ0n) is 18.9. The van der Waals surface area contributed by atoms with Gasteiger partial charge in [-0.05, 0) is 64.2 Å². The fourth-order valence-electron chi connectivity index (χ4n) is 4.88. The van der Waals surface area contributed by atoms with Crippen LogP contribution in [-0.4, -0.2) is 40.6 Å². The number of sulfone groups is 1. The van der Waals surface area contributed by atoms with Gasteiger partial charge in [-0.3, -0.25) is 4.79 Å². The number of pyridine rings is 1. The quantitative estimate of drug-likeness (QED) is 0.642. The molecule has 3 heterocycles. The molecule has 168 valence electrons. The highest BCUT2D eigenvalue weighted by molar-refractivity contribution is 7.91. The Balaban J connectivity index is 1.62. The van der Waals surface area contributed by atoms with Crippen LogP contribution in [0.4, 0.5) is 5.69 Å². The number of nitrogens with zero attached hydrogens (tertiary/aromatic N) is 3. The fourth-order valence-corrected chi connectivity index (χ4v) is 6.57. The van der Waals surface area contributed by atoms with Gasteiger partial charge in [0, 0.05) is 17.3 Å². The largest absolute Gasteiger partial charge is 0.321 e. The number of fused-ring (bicyclic) bond motifs is 1. The molecule has 5 rings (SSSR count). The van der Waals surface area contributed by atoms with Gasteiger partial charge in [0.1, 0.15) is 0 Å². The van der Waals surface area contributed by atoms with Gasteiger partial charge in [0.15, 0.2) is 15.5 Å². The minimum Gasteiger partial charge on any atom is -0.321 e. The van der Waals surface area contributed by atoms with E-state index in [4.69, 9.17) is 4.98 Å². The number of rotatable bonds is 4. The highest BCUT2D eigenvalue weighted by atomic mass is 32.2. The van der Waals surface area contributed by atoms with Crippen LogP contribution in [-0.2, 0) is 9.84 Å². The third-order valence-corrected chi connectivity index (χ3v) is 8.32. The summed E-state index contributed by atoms with van der Waals surface area (Å²) in [5.74, 6) is 0.405. The van der Waals surface area contributed by atoms with Crippen LogP contribution in [0.3, 0.4) is 0 Å². The van der Waals surface area contributed by atoms with Crippen molar-refractivity contribution in [2.75, 3.05) is 16.8 Å². The molecular formula is C24H28N4O3S. The highest BCUT2D eigenvalue weighted by Crippen LogP contribution is 2.41. The third-order valence-electron chi connectivity index (χ3n) is 6.57. The summed E-state index contributed by atoms with van der Waals surface area (Å²) >= 11 is 0. The number of hydrogen-bond donors (Lipinski definition) is 1. The van der Waals surface area contributed by atoms with Crippen molar-refractivity contribution >= 4 is 32.5 Å². The molecule has 2 aromatic heterocycles. The smallest absolute Gasteiger partial charge is 0.256 e. The van der Waals surface area contributed by atoms with Crippen molar-refractivity contribution in [1.82, 2.24) is 14.8 Å². The summed E-state index contributed by atoms with van der Waals surface area (Å²) in [7, 11) is -3.07. The number of carbonyl (C=O) groups excluding carboxylic acids is 1. The molecule has 0 unspecified atom stereocenters. The maximum atomic E-state index is 13.5. The van der Waals surface area contributed by atoms with Crippen LogP contribution < -0.4 is 5.32 Å². The van der Waals surface area contributed by atoms with Crippen molar-refractivity contribution in [3.8, 4) is 0 Å². The van der Waals surface area contributed by atoms with E-state index in [1.54, 1.807) is 4.68 Å². The molecule has 1 saturated carbocycles. The van der Waals surface area contributed by atoms with Gasteiger partial charge < -0.3 is 5.32 Å². The number of aryl methyl sites for hydroxylation is 4. The molecule has 1 aromatic carbocycles. The van der Waals surface area contributed by atoms with E-state index in [0.717, 1.165) is 40.9 Å². The molecule has 1 saturated heterocycles. The van der Waals surface area contributed by atoms with Crippen molar-refractivity contribution in [1.29, 1.82) is 0 Å². The van der Waals surface area contributed by atoms with Gasteiger partial charge in [0.05, 0.1) is 34.2 Å². The van der Waals surface area contributed by atoms with E-state index in [1.807, 2.05) is 33.8 Å². The number of aromatic nitrogens is 3. The molecule has 1 amide bonds. The van der Waals surface area contributed by atoms with Crippen LogP contribution in [0.25, 0.3) is 11.0 Å². The Morgan fingerprint density at radius 1 is 1.06 bits per heavy atom. The molecule has 0 spiro atoms. The molecule has 2 aliphatic rings. The van der Waals surface area contributed by atoms with Gasteiger partial charge in [0.2, 0.25) is 0 Å². The van der Waals surface area contributed by atoms with Gasteiger partial charge in [-0.15, -0.1) is 0 Å². The van der Waals surface area contributed by atoms with Crippen LogP contribution in [0.2, 0.25) is 0 Å². The lowest BCUT2D eigenvalue weighted by atomic mass is 10.0. The van der Waals surface area contributed by atoms with E-state index in [0.29, 0.717) is 34.6 Å². The molecule has 0 radical (unpaired) electrons. The van der Waals surface area contributed by atoms with Crippen molar-refractivity contribution in [2.45, 2.75) is 58.9 Å². The molecule has 0 bridgehead atoms. The maximum absolute atomic E-state index is 13.5. The van der Waals surface area contributed by atoms with Gasteiger partial charge >= 0.3 is 0 Å². The van der Waals surface area contributed by atoms with Crippen LogP contribution in [0.5, 0.6) is 0 Å². The first-order chi connectivity index (χ1) is 15.1. The molecule has 7 nitrogen and oxygen atoms in total. The van der Waals surface area contributed by atoms with Crippen LogP contribution in [0, 0.1) is 27.7 Å². The molecule has 1 N–H and O–H groups in total. The number of benzene rings is 1. The molecular weight excluding hydrogens is 424 g/mol. The molecule has 3 aromatic rings. The zero-order chi connectivity index (χ0) is 22.8. The first-order valence-electron chi connectivity index (χ1n) is 11.1. The monoisotopic (exact) mass is 452 g/mol. The van der Waals surface area contributed by atoms with Gasteiger partial charge in [0.25, 0.3) is 5.91 Å². The minimum absolute atomic E-state index is 0.0713. The fraction of sp³-hybridized carbons (Fsp3) is 0.458. The predicted octanol–water partition coefficient (Wildman–Crippen LogP) is 4.15. The van der Waals surface area contributed by atoms with Gasteiger partial charge in [-0.1, -0.05) is 17.7 Å². The molecule has 1 aliphatic carbocycles. The summed E-state index contributed by atoms with van der Waals surface area (Å²) < 4.78 is 25.9. The van der Waals surface area contributed by atoms with Crippen molar-refractivity contribution in [3.63, 3.8) is 0 Å². The van der Waals surface area contributed by atoms with Crippen molar-refractivity contribution < 1.29 is 13.2 Å². The summed E-state index contributed by atoms with van der Waals surface area (Å²) in [5, 5.41) is 8.49. The topological polar surface area (TPSA) is 93.9 Å². The first kappa shape index (κ1) is 21.1. The Labute approximate surface area is 188 Å². The van der Waals surface area contributed by atoms with Gasteiger partial charge in [-0.2, -0.15) is 5.10 Å². The van der Waals surface area contributed by atoms with E-state index < -0.39 is 9.84 Å². The summed E-state index contributed by atoms with van der Waals surface area (Å²) in [6.45, 7) is 7.90. The molecule has 8 heteroatoms. The van der Waals surface area contributed by atoms with Crippen LogP contribution in [0.1, 0.15) is 69.7 Å². The highest BCUT2D eigenvalue weighted by Gasteiger charge is 2.34. The van der Waals surface area contributed by atoms with Crippen LogP contribution >= 0.6 is 0 Å². The molecule has 32 heavy (non-hydrogen) atoms. The zero-order valence-corrected chi connectivity index (χ0v) is 19.7. The SMILES string of the molecule is Cc1cc(C)c(NC(=O)c2cc(C3CC3)nc3c2c(C)nn3[C@H]2CCS(=O)(=O)C2)c(C)c1. The van der Waals surface area contributed by atoms with Gasteiger partial charge in [-0.25, -0.2) is 18.1 Å². The molecule has 1 aliphatic heterocycles. The summed E-state index contributed by atoms with van der Waals surface area (Å²) in [6, 6.07) is 5.78. The Bertz CT molecular complexity index is 1350. The molecule has 2 fully saturated rings. The average molecular weight is 453 g/mol. The average Bonchev–Trinajstić information content (AvgIpc) is 3.43. The summed E-state index contributed by atoms with van der Waals surface area (Å²) in [4.78, 5) is 18.4. The van der Waals surface area contributed by atoms with E-state index in [-0.39, 0.29) is 23.5 Å². The van der Waals surface area contributed by atoms with E-state index in [1.165, 1.54) is 0 Å². The Morgan fingerprint density at radius 3 is 2.34 bits per heavy atom. The Kier molecular flexibility index (Phi) is 4.89.